The van der Waals surface area contributed by atoms with Crippen molar-refractivity contribution in [2.45, 2.75) is 6.42 Å². The molecular weight excluding hydrogens is 422 g/mol. The van der Waals surface area contributed by atoms with Gasteiger partial charge in [-0.15, -0.1) is 0 Å². The molecule has 30 heavy (non-hydrogen) atoms. The van der Waals surface area contributed by atoms with Gasteiger partial charge in [0.15, 0.2) is 0 Å². The Morgan fingerprint density at radius 1 is 1.00 bits per heavy atom. The maximum atomic E-state index is 12.5. The molecule has 0 spiro atoms. The number of sulfonamides is 1. The number of nitrogens with zero attached hydrogens (tertiary/aromatic N) is 2. The summed E-state index contributed by atoms with van der Waals surface area (Å²) in [5.74, 6) is -0.0516. The number of carbonyl (C=O) groups excluding carboxylic acids is 1. The molecule has 1 saturated heterocycles. The summed E-state index contributed by atoms with van der Waals surface area (Å²) < 4.78 is 26.5. The summed E-state index contributed by atoms with van der Waals surface area (Å²) in [6.07, 6.45) is 2.35. The molecule has 8 heteroatoms. The minimum atomic E-state index is -3.47. The van der Waals surface area contributed by atoms with E-state index in [9.17, 15) is 13.2 Å². The number of benzene rings is 2. The van der Waals surface area contributed by atoms with Crippen molar-refractivity contribution < 1.29 is 13.2 Å². The van der Waals surface area contributed by atoms with Gasteiger partial charge in [-0.25, -0.2) is 8.42 Å². The number of amides is 1. The summed E-state index contributed by atoms with van der Waals surface area (Å²) in [5.41, 5.74) is 1.96. The van der Waals surface area contributed by atoms with Gasteiger partial charge in [-0.1, -0.05) is 54.1 Å². The molecule has 6 nitrogen and oxygen atoms in total. The molecule has 0 bridgehead atoms. The van der Waals surface area contributed by atoms with E-state index in [2.05, 4.69) is 5.32 Å². The van der Waals surface area contributed by atoms with Gasteiger partial charge in [-0.05, 0) is 35.8 Å². The predicted molar refractivity (Wildman–Crippen MR) is 121 cm³/mol. The van der Waals surface area contributed by atoms with Gasteiger partial charge >= 0.3 is 0 Å². The van der Waals surface area contributed by atoms with Crippen molar-refractivity contribution in [1.29, 1.82) is 0 Å². The molecule has 3 rings (SSSR count). The van der Waals surface area contributed by atoms with E-state index < -0.39 is 10.0 Å². The van der Waals surface area contributed by atoms with Crippen LogP contribution in [0.25, 0.3) is 6.08 Å². The van der Waals surface area contributed by atoms with Crippen LogP contribution in [0.2, 0.25) is 5.02 Å². The fraction of sp³-hybridized carbons (Fsp3) is 0.318. The number of piperazine rings is 1. The third kappa shape index (κ3) is 6.95. The lowest BCUT2D eigenvalue weighted by Gasteiger charge is -2.32. The summed E-state index contributed by atoms with van der Waals surface area (Å²) in [6.45, 7) is 2.64. The van der Waals surface area contributed by atoms with Gasteiger partial charge in [0.1, 0.15) is 0 Å². The Labute approximate surface area is 183 Å². The Morgan fingerprint density at radius 2 is 1.67 bits per heavy atom. The van der Waals surface area contributed by atoms with Crippen molar-refractivity contribution in [2.24, 2.45) is 0 Å². The molecule has 1 N–H and O–H groups in total. The van der Waals surface area contributed by atoms with E-state index >= 15 is 0 Å². The monoisotopic (exact) mass is 447 g/mol. The zero-order valence-electron chi connectivity index (χ0n) is 16.7. The number of hydrogen-bond acceptors (Lipinski definition) is 4. The van der Waals surface area contributed by atoms with Crippen LogP contribution < -0.4 is 5.32 Å². The van der Waals surface area contributed by atoms with Crippen molar-refractivity contribution in [1.82, 2.24) is 14.5 Å². The topological polar surface area (TPSA) is 69.7 Å². The lowest BCUT2D eigenvalue weighted by Crippen LogP contribution is -2.50. The Bertz CT molecular complexity index is 955. The number of rotatable bonds is 8. The Hall–Kier alpha value is -2.19. The van der Waals surface area contributed by atoms with Crippen molar-refractivity contribution in [2.75, 3.05) is 39.3 Å². The molecular formula is C22H26ClN3O3S. The Morgan fingerprint density at radius 3 is 2.33 bits per heavy atom. The summed E-state index contributed by atoms with van der Waals surface area (Å²) in [4.78, 5) is 14.2. The summed E-state index contributed by atoms with van der Waals surface area (Å²) in [6, 6.07) is 16.9. The van der Waals surface area contributed by atoms with Crippen molar-refractivity contribution in [3.8, 4) is 0 Å². The maximum Gasteiger partial charge on any atom is 0.236 e. The average molecular weight is 448 g/mol. The molecule has 160 valence electrons. The van der Waals surface area contributed by atoms with Crippen molar-refractivity contribution in [3.05, 3.63) is 76.2 Å². The highest BCUT2D eigenvalue weighted by Crippen LogP contribution is 2.12. The minimum Gasteiger partial charge on any atom is -0.355 e. The minimum absolute atomic E-state index is 0.0516. The Balaban J connectivity index is 1.39. The van der Waals surface area contributed by atoms with E-state index in [-0.39, 0.29) is 12.5 Å². The van der Waals surface area contributed by atoms with Crippen LogP contribution in [0.5, 0.6) is 0 Å². The molecule has 1 fully saturated rings. The van der Waals surface area contributed by atoms with Crippen LogP contribution >= 0.6 is 11.6 Å². The Kier molecular flexibility index (Phi) is 8.04. The first-order valence-electron chi connectivity index (χ1n) is 9.89. The molecule has 0 saturated carbocycles. The van der Waals surface area contributed by atoms with Gasteiger partial charge in [0.25, 0.3) is 0 Å². The number of hydrogen-bond donors (Lipinski definition) is 1. The van der Waals surface area contributed by atoms with Gasteiger partial charge in [-0.3, -0.25) is 9.69 Å². The molecule has 0 unspecified atom stereocenters. The highest BCUT2D eigenvalue weighted by Gasteiger charge is 2.25. The fourth-order valence-electron chi connectivity index (χ4n) is 3.21. The van der Waals surface area contributed by atoms with Gasteiger partial charge in [0.2, 0.25) is 15.9 Å². The van der Waals surface area contributed by atoms with Crippen LogP contribution in [0.15, 0.2) is 60.0 Å². The van der Waals surface area contributed by atoms with Gasteiger partial charge in [0, 0.05) is 43.2 Å². The second-order valence-electron chi connectivity index (χ2n) is 7.16. The van der Waals surface area contributed by atoms with E-state index in [4.69, 9.17) is 11.6 Å². The molecule has 1 aliphatic heterocycles. The smallest absolute Gasteiger partial charge is 0.236 e. The molecule has 1 amide bonds. The van der Waals surface area contributed by atoms with Gasteiger partial charge < -0.3 is 5.32 Å². The average Bonchev–Trinajstić information content (AvgIpc) is 2.75. The van der Waals surface area contributed by atoms with E-state index in [0.717, 1.165) is 17.5 Å². The molecule has 0 aliphatic carbocycles. The molecule has 0 radical (unpaired) electrons. The summed E-state index contributed by atoms with van der Waals surface area (Å²) >= 11 is 5.87. The largest absolute Gasteiger partial charge is 0.355 e. The molecule has 0 aromatic heterocycles. The number of nitrogens with one attached hydrogen (secondary N) is 1. The van der Waals surface area contributed by atoms with Crippen LogP contribution in [0.1, 0.15) is 11.1 Å². The van der Waals surface area contributed by atoms with Gasteiger partial charge in [-0.2, -0.15) is 4.31 Å². The molecule has 1 aliphatic rings. The van der Waals surface area contributed by atoms with Crippen molar-refractivity contribution in [3.63, 3.8) is 0 Å². The number of halogens is 1. The van der Waals surface area contributed by atoms with Crippen LogP contribution in [-0.4, -0.2) is 62.8 Å². The van der Waals surface area contributed by atoms with Gasteiger partial charge in [0.05, 0.1) is 6.54 Å². The standard InChI is InChI=1S/C22H26ClN3O3S/c23-21-8-6-20(7-9-21)10-12-24-22(27)18-25-13-15-26(16-14-25)30(28,29)17-11-19-4-2-1-3-5-19/h1-9,11,17H,10,12-16,18H2,(H,24,27)/b17-11+. The summed E-state index contributed by atoms with van der Waals surface area (Å²) in [7, 11) is -3.47. The first-order chi connectivity index (χ1) is 14.4. The van der Waals surface area contributed by atoms with E-state index in [1.807, 2.05) is 59.5 Å². The van der Waals surface area contributed by atoms with Crippen LogP contribution in [-0.2, 0) is 21.2 Å². The fourth-order valence-corrected chi connectivity index (χ4v) is 4.51. The van der Waals surface area contributed by atoms with Crippen LogP contribution in [0.3, 0.4) is 0 Å². The zero-order chi connectivity index (χ0) is 21.4. The number of carbonyl (C=O) groups is 1. The predicted octanol–water partition coefficient (Wildman–Crippen LogP) is 2.62. The lowest BCUT2D eigenvalue weighted by atomic mass is 10.1. The molecule has 2 aromatic carbocycles. The molecule has 2 aromatic rings. The van der Waals surface area contributed by atoms with Crippen LogP contribution in [0.4, 0.5) is 0 Å². The third-order valence-corrected chi connectivity index (χ3v) is 6.76. The third-order valence-electron chi connectivity index (χ3n) is 4.94. The SMILES string of the molecule is O=C(CN1CCN(S(=O)(=O)/C=C/c2ccccc2)CC1)NCCc1ccc(Cl)cc1. The zero-order valence-corrected chi connectivity index (χ0v) is 18.3. The second kappa shape index (κ2) is 10.7. The normalized spacial score (nSPS) is 16.0. The maximum absolute atomic E-state index is 12.5. The van der Waals surface area contributed by atoms with E-state index in [1.165, 1.54) is 9.71 Å². The highest BCUT2D eigenvalue weighted by molar-refractivity contribution is 7.92. The quantitative estimate of drug-likeness (QED) is 0.675. The molecule has 0 atom stereocenters. The van der Waals surface area contributed by atoms with E-state index in [0.29, 0.717) is 37.7 Å². The van der Waals surface area contributed by atoms with E-state index in [1.54, 1.807) is 6.08 Å². The highest BCUT2D eigenvalue weighted by atomic mass is 35.5. The van der Waals surface area contributed by atoms with Crippen LogP contribution in [0, 0.1) is 0 Å². The molecule has 1 heterocycles. The first kappa shape index (κ1) is 22.5. The summed E-state index contributed by atoms with van der Waals surface area (Å²) in [5, 5.41) is 4.86. The first-order valence-corrected chi connectivity index (χ1v) is 11.8. The second-order valence-corrected chi connectivity index (χ2v) is 9.41. The lowest BCUT2D eigenvalue weighted by molar-refractivity contribution is -0.122. The van der Waals surface area contributed by atoms with Crippen molar-refractivity contribution >= 4 is 33.6 Å².